The lowest BCUT2D eigenvalue weighted by Crippen LogP contribution is -2.41. The van der Waals surface area contributed by atoms with Crippen LogP contribution in [0.4, 0.5) is 0 Å². The van der Waals surface area contributed by atoms with Gasteiger partial charge in [0.25, 0.3) is 0 Å². The molecule has 6 heteroatoms. The van der Waals surface area contributed by atoms with Crippen molar-refractivity contribution in [2.75, 3.05) is 7.05 Å². The topological polar surface area (TPSA) is 54.2 Å². The van der Waals surface area contributed by atoms with Crippen molar-refractivity contribution < 1.29 is 0 Å². The standard InChI is InChI=1S/C18H27N5.HI/c1-6-13(2)21-18(19-5)20-12-16-9-7-8-10-17(16)23-15(4)11-14(3)22-23;/h7-11,13H,6,12H2,1-5H3,(H2,19,20,21);1H. The normalized spacial score (nSPS) is 12.5. The Hall–Kier alpha value is -1.57. The number of rotatable bonds is 5. The van der Waals surface area contributed by atoms with Crippen molar-refractivity contribution in [1.29, 1.82) is 0 Å². The Morgan fingerprint density at radius 2 is 2.00 bits per heavy atom. The van der Waals surface area contributed by atoms with Crippen LogP contribution in [0, 0.1) is 13.8 Å². The first-order valence-electron chi connectivity index (χ1n) is 8.13. The zero-order chi connectivity index (χ0) is 16.8. The van der Waals surface area contributed by atoms with Crippen LogP contribution in [0.1, 0.15) is 37.2 Å². The number of hydrogen-bond donors (Lipinski definition) is 2. The van der Waals surface area contributed by atoms with Gasteiger partial charge in [-0.3, -0.25) is 4.99 Å². The highest BCUT2D eigenvalue weighted by atomic mass is 127. The maximum atomic E-state index is 4.59. The number of halogens is 1. The SMILES string of the molecule is CCC(C)NC(=NC)NCc1ccccc1-n1nc(C)cc1C.I. The lowest BCUT2D eigenvalue weighted by Gasteiger charge is -2.18. The van der Waals surface area contributed by atoms with Gasteiger partial charge in [0.15, 0.2) is 5.96 Å². The largest absolute Gasteiger partial charge is 0.354 e. The second-order valence-electron chi connectivity index (χ2n) is 5.85. The van der Waals surface area contributed by atoms with Crippen LogP contribution in [0.5, 0.6) is 0 Å². The van der Waals surface area contributed by atoms with E-state index in [1.807, 2.05) is 17.7 Å². The van der Waals surface area contributed by atoms with Crippen molar-refractivity contribution in [3.05, 3.63) is 47.3 Å². The van der Waals surface area contributed by atoms with Gasteiger partial charge in [0.1, 0.15) is 0 Å². The Kier molecular flexibility index (Phi) is 8.24. The Morgan fingerprint density at radius 1 is 1.29 bits per heavy atom. The molecule has 2 rings (SSSR count). The van der Waals surface area contributed by atoms with Gasteiger partial charge in [-0.2, -0.15) is 5.10 Å². The average molecular weight is 441 g/mol. The van der Waals surface area contributed by atoms with E-state index in [1.165, 1.54) is 5.56 Å². The highest BCUT2D eigenvalue weighted by Crippen LogP contribution is 2.16. The van der Waals surface area contributed by atoms with Gasteiger partial charge in [0, 0.05) is 25.3 Å². The lowest BCUT2D eigenvalue weighted by atomic mass is 10.1. The monoisotopic (exact) mass is 441 g/mol. The summed E-state index contributed by atoms with van der Waals surface area (Å²) in [5.74, 6) is 0.822. The molecular weight excluding hydrogens is 413 g/mol. The minimum absolute atomic E-state index is 0. The second-order valence-corrected chi connectivity index (χ2v) is 5.85. The van der Waals surface area contributed by atoms with Gasteiger partial charge < -0.3 is 10.6 Å². The summed E-state index contributed by atoms with van der Waals surface area (Å²) in [4.78, 5) is 4.29. The van der Waals surface area contributed by atoms with Crippen molar-refractivity contribution in [3.63, 3.8) is 0 Å². The molecule has 1 aromatic carbocycles. The van der Waals surface area contributed by atoms with Gasteiger partial charge in [-0.15, -0.1) is 24.0 Å². The van der Waals surface area contributed by atoms with Crippen molar-refractivity contribution in [2.24, 2.45) is 4.99 Å². The molecule has 0 aliphatic heterocycles. The van der Waals surface area contributed by atoms with E-state index in [-0.39, 0.29) is 24.0 Å². The summed E-state index contributed by atoms with van der Waals surface area (Å²) < 4.78 is 2.00. The first-order chi connectivity index (χ1) is 11.0. The number of hydrogen-bond acceptors (Lipinski definition) is 2. The van der Waals surface area contributed by atoms with E-state index in [4.69, 9.17) is 0 Å². The highest BCUT2D eigenvalue weighted by Gasteiger charge is 2.09. The third kappa shape index (κ3) is 5.22. The molecule has 1 unspecified atom stereocenters. The van der Waals surface area contributed by atoms with Crippen LogP contribution in [0.25, 0.3) is 5.69 Å². The molecule has 2 aromatic rings. The first kappa shape index (κ1) is 20.5. The van der Waals surface area contributed by atoms with E-state index in [0.717, 1.165) is 29.5 Å². The quantitative estimate of drug-likeness (QED) is 0.424. The third-order valence-corrected chi connectivity index (χ3v) is 3.89. The minimum atomic E-state index is 0. The molecule has 1 atom stereocenters. The van der Waals surface area contributed by atoms with Crippen LogP contribution >= 0.6 is 24.0 Å². The third-order valence-electron chi connectivity index (χ3n) is 3.89. The van der Waals surface area contributed by atoms with Gasteiger partial charge >= 0.3 is 0 Å². The van der Waals surface area contributed by atoms with Crippen molar-refractivity contribution in [2.45, 2.75) is 46.7 Å². The molecule has 24 heavy (non-hydrogen) atoms. The molecule has 0 saturated carbocycles. The zero-order valence-electron chi connectivity index (χ0n) is 15.1. The summed E-state index contributed by atoms with van der Waals surface area (Å²) in [5, 5.41) is 11.4. The Labute approximate surface area is 162 Å². The van der Waals surface area contributed by atoms with Gasteiger partial charge in [-0.25, -0.2) is 4.68 Å². The van der Waals surface area contributed by atoms with Crippen LogP contribution in [0.15, 0.2) is 35.3 Å². The Balaban J connectivity index is 0.00000288. The second kappa shape index (κ2) is 9.66. The Bertz CT molecular complexity index is 678. The molecular formula is C18H28IN5. The summed E-state index contributed by atoms with van der Waals surface area (Å²) in [5.41, 5.74) is 4.45. The number of benzene rings is 1. The van der Waals surface area contributed by atoms with E-state index in [9.17, 15) is 0 Å². The Morgan fingerprint density at radius 3 is 2.58 bits per heavy atom. The maximum Gasteiger partial charge on any atom is 0.191 e. The van der Waals surface area contributed by atoms with E-state index < -0.39 is 0 Å². The molecule has 1 aromatic heterocycles. The average Bonchev–Trinajstić information content (AvgIpc) is 2.89. The molecule has 1 heterocycles. The fraction of sp³-hybridized carbons (Fsp3) is 0.444. The number of para-hydroxylation sites is 1. The first-order valence-corrected chi connectivity index (χ1v) is 8.13. The van der Waals surface area contributed by atoms with E-state index in [1.54, 1.807) is 7.05 Å². The summed E-state index contributed by atoms with van der Waals surface area (Å²) in [6.45, 7) is 9.10. The molecule has 0 radical (unpaired) electrons. The number of nitrogens with one attached hydrogen (secondary N) is 2. The predicted octanol–water partition coefficient (Wildman–Crippen LogP) is 3.57. The summed E-state index contributed by atoms with van der Waals surface area (Å²) >= 11 is 0. The highest BCUT2D eigenvalue weighted by molar-refractivity contribution is 14.0. The number of guanidine groups is 1. The van der Waals surface area contributed by atoms with Crippen molar-refractivity contribution in [1.82, 2.24) is 20.4 Å². The van der Waals surface area contributed by atoms with E-state index >= 15 is 0 Å². The molecule has 5 nitrogen and oxygen atoms in total. The smallest absolute Gasteiger partial charge is 0.191 e. The van der Waals surface area contributed by atoms with Gasteiger partial charge in [0.05, 0.1) is 11.4 Å². The maximum absolute atomic E-state index is 4.59. The molecule has 0 aliphatic carbocycles. The fourth-order valence-electron chi connectivity index (χ4n) is 2.45. The van der Waals surface area contributed by atoms with Gasteiger partial charge in [-0.05, 0) is 44.9 Å². The number of aromatic nitrogens is 2. The summed E-state index contributed by atoms with van der Waals surface area (Å²) in [6.07, 6.45) is 1.06. The minimum Gasteiger partial charge on any atom is -0.354 e. The van der Waals surface area contributed by atoms with E-state index in [0.29, 0.717) is 12.6 Å². The number of aliphatic imine (C=N–C) groups is 1. The van der Waals surface area contributed by atoms with Crippen LogP contribution < -0.4 is 10.6 Å². The van der Waals surface area contributed by atoms with E-state index in [2.05, 4.69) is 65.8 Å². The molecule has 0 amide bonds. The molecule has 132 valence electrons. The molecule has 0 bridgehead atoms. The van der Waals surface area contributed by atoms with Crippen LogP contribution in [-0.2, 0) is 6.54 Å². The van der Waals surface area contributed by atoms with Crippen LogP contribution in [0.2, 0.25) is 0 Å². The zero-order valence-corrected chi connectivity index (χ0v) is 17.5. The molecule has 2 N–H and O–H groups in total. The van der Waals surface area contributed by atoms with Crippen molar-refractivity contribution in [3.8, 4) is 5.69 Å². The molecule has 0 aliphatic rings. The molecule has 0 spiro atoms. The van der Waals surface area contributed by atoms with Crippen LogP contribution in [-0.4, -0.2) is 28.8 Å². The number of aryl methyl sites for hydroxylation is 2. The van der Waals surface area contributed by atoms with Crippen LogP contribution in [0.3, 0.4) is 0 Å². The number of nitrogens with zero attached hydrogens (tertiary/aromatic N) is 3. The van der Waals surface area contributed by atoms with Crippen molar-refractivity contribution >= 4 is 29.9 Å². The van der Waals surface area contributed by atoms with Gasteiger partial charge in [0.2, 0.25) is 0 Å². The molecule has 0 fully saturated rings. The predicted molar refractivity (Wildman–Crippen MR) is 112 cm³/mol. The van der Waals surface area contributed by atoms with Gasteiger partial charge in [-0.1, -0.05) is 25.1 Å². The lowest BCUT2D eigenvalue weighted by molar-refractivity contribution is 0.623. The molecule has 0 saturated heterocycles. The summed E-state index contributed by atoms with van der Waals surface area (Å²) in [6, 6.07) is 10.8. The summed E-state index contributed by atoms with van der Waals surface area (Å²) in [7, 11) is 1.80. The fourth-order valence-corrected chi connectivity index (χ4v) is 2.45.